The SMILES string of the molecule is CCC(OC(=O)c1c2c(nc3ccccc13)CCN(C)C2)C(=O)Nc1cc(C)ccc1C. The number of hydrogen-bond donors (Lipinski definition) is 1. The lowest BCUT2D eigenvalue weighted by atomic mass is 9.96. The zero-order valence-corrected chi connectivity index (χ0v) is 19.1. The summed E-state index contributed by atoms with van der Waals surface area (Å²) in [6.45, 7) is 7.27. The van der Waals surface area contributed by atoms with Crippen LogP contribution in [-0.2, 0) is 22.5 Å². The van der Waals surface area contributed by atoms with Crippen LogP contribution >= 0.6 is 0 Å². The number of ether oxygens (including phenoxy) is 1. The Balaban J connectivity index is 1.64. The molecule has 2 heterocycles. The molecule has 1 aromatic heterocycles. The molecule has 2 aromatic carbocycles. The van der Waals surface area contributed by atoms with E-state index in [0.717, 1.165) is 51.9 Å². The summed E-state index contributed by atoms with van der Waals surface area (Å²) in [4.78, 5) is 33.4. The van der Waals surface area contributed by atoms with E-state index in [1.165, 1.54) is 0 Å². The van der Waals surface area contributed by atoms with Crippen molar-refractivity contribution in [3.8, 4) is 0 Å². The van der Waals surface area contributed by atoms with Crippen LogP contribution in [0.15, 0.2) is 42.5 Å². The molecule has 1 aliphatic heterocycles. The van der Waals surface area contributed by atoms with Crippen LogP contribution in [0.25, 0.3) is 10.9 Å². The van der Waals surface area contributed by atoms with Crippen molar-refractivity contribution in [1.82, 2.24) is 9.88 Å². The molecule has 0 bridgehead atoms. The number of likely N-dealkylation sites (N-methyl/N-ethyl adjacent to an activating group) is 1. The molecule has 4 rings (SSSR count). The van der Waals surface area contributed by atoms with Crippen LogP contribution in [0, 0.1) is 13.8 Å². The number of fused-ring (bicyclic) bond motifs is 2. The third-order valence-electron chi connectivity index (χ3n) is 6.00. The molecule has 1 N–H and O–H groups in total. The van der Waals surface area contributed by atoms with E-state index in [1.54, 1.807) is 0 Å². The highest BCUT2D eigenvalue weighted by Crippen LogP contribution is 2.29. The monoisotopic (exact) mass is 431 g/mol. The molecule has 0 radical (unpaired) electrons. The van der Waals surface area contributed by atoms with Gasteiger partial charge in [0.25, 0.3) is 5.91 Å². The second-order valence-corrected chi connectivity index (χ2v) is 8.53. The Morgan fingerprint density at radius 3 is 2.75 bits per heavy atom. The number of carbonyl (C=O) groups excluding carboxylic acids is 2. The highest BCUT2D eigenvalue weighted by Gasteiger charge is 2.29. The van der Waals surface area contributed by atoms with Gasteiger partial charge in [-0.15, -0.1) is 0 Å². The quantitative estimate of drug-likeness (QED) is 0.606. The number of nitrogens with one attached hydrogen (secondary N) is 1. The minimum atomic E-state index is -0.883. The largest absolute Gasteiger partial charge is 0.449 e. The van der Waals surface area contributed by atoms with E-state index in [-0.39, 0.29) is 5.91 Å². The second-order valence-electron chi connectivity index (χ2n) is 8.53. The van der Waals surface area contributed by atoms with E-state index >= 15 is 0 Å². The van der Waals surface area contributed by atoms with Gasteiger partial charge in [0.2, 0.25) is 0 Å². The molecule has 0 fully saturated rings. The van der Waals surface area contributed by atoms with Crippen LogP contribution in [-0.4, -0.2) is 41.5 Å². The molecule has 0 saturated heterocycles. The van der Waals surface area contributed by atoms with Gasteiger partial charge in [0, 0.05) is 41.8 Å². The van der Waals surface area contributed by atoms with Gasteiger partial charge in [0.15, 0.2) is 6.10 Å². The molecule has 1 atom stereocenters. The van der Waals surface area contributed by atoms with Crippen molar-refractivity contribution in [2.45, 2.75) is 46.3 Å². The molecule has 6 nitrogen and oxygen atoms in total. The fourth-order valence-electron chi connectivity index (χ4n) is 4.15. The lowest BCUT2D eigenvalue weighted by Gasteiger charge is -2.27. The molecule has 1 amide bonds. The molecule has 1 unspecified atom stereocenters. The third-order valence-corrected chi connectivity index (χ3v) is 6.00. The van der Waals surface area contributed by atoms with E-state index in [4.69, 9.17) is 9.72 Å². The summed E-state index contributed by atoms with van der Waals surface area (Å²) in [7, 11) is 2.03. The average molecular weight is 432 g/mol. The minimum absolute atomic E-state index is 0.320. The highest BCUT2D eigenvalue weighted by molar-refractivity contribution is 6.06. The van der Waals surface area contributed by atoms with Crippen LogP contribution < -0.4 is 5.32 Å². The van der Waals surface area contributed by atoms with Crippen molar-refractivity contribution in [1.29, 1.82) is 0 Å². The summed E-state index contributed by atoms with van der Waals surface area (Å²) in [6, 6.07) is 13.5. The van der Waals surface area contributed by atoms with E-state index in [1.807, 2.05) is 70.3 Å². The molecule has 32 heavy (non-hydrogen) atoms. The standard InChI is InChI=1S/C26H29N3O3/c1-5-23(25(30)28-22-14-16(2)10-11-17(22)3)32-26(31)24-18-8-6-7-9-20(18)27-21-12-13-29(4)15-19(21)24/h6-11,14,23H,5,12-13,15H2,1-4H3,(H,28,30). The Bertz CT molecular complexity index is 1190. The summed E-state index contributed by atoms with van der Waals surface area (Å²) in [5, 5.41) is 3.69. The number of aryl methyl sites for hydroxylation is 2. The smallest absolute Gasteiger partial charge is 0.340 e. The van der Waals surface area contributed by atoms with E-state index in [2.05, 4.69) is 10.2 Å². The van der Waals surface area contributed by atoms with E-state index in [9.17, 15) is 9.59 Å². The van der Waals surface area contributed by atoms with Crippen molar-refractivity contribution in [3.05, 3.63) is 70.4 Å². The van der Waals surface area contributed by atoms with Gasteiger partial charge in [-0.1, -0.05) is 37.3 Å². The summed E-state index contributed by atoms with van der Waals surface area (Å²) < 4.78 is 5.80. The maximum Gasteiger partial charge on any atom is 0.340 e. The van der Waals surface area contributed by atoms with Crippen LogP contribution in [0.1, 0.15) is 46.1 Å². The zero-order chi connectivity index (χ0) is 22.8. The second kappa shape index (κ2) is 9.09. The molecule has 0 spiro atoms. The van der Waals surface area contributed by atoms with Crippen LogP contribution in [0.2, 0.25) is 0 Å². The number of amides is 1. The van der Waals surface area contributed by atoms with Crippen molar-refractivity contribution >= 4 is 28.5 Å². The number of benzene rings is 2. The fourth-order valence-corrected chi connectivity index (χ4v) is 4.15. The Hall–Kier alpha value is -3.25. The first-order valence-electron chi connectivity index (χ1n) is 11.1. The molecule has 1 aliphatic rings. The van der Waals surface area contributed by atoms with Crippen LogP contribution in [0.5, 0.6) is 0 Å². The summed E-state index contributed by atoms with van der Waals surface area (Å²) in [6.07, 6.45) is 0.278. The first-order chi connectivity index (χ1) is 15.4. The predicted molar refractivity (Wildman–Crippen MR) is 126 cm³/mol. The van der Waals surface area contributed by atoms with Crippen molar-refractivity contribution in [2.24, 2.45) is 0 Å². The van der Waals surface area contributed by atoms with Gasteiger partial charge in [-0.25, -0.2) is 4.79 Å². The molecule has 3 aromatic rings. The summed E-state index contributed by atoms with van der Waals surface area (Å²) >= 11 is 0. The lowest BCUT2D eigenvalue weighted by molar-refractivity contribution is -0.124. The van der Waals surface area contributed by atoms with Crippen LogP contribution in [0.4, 0.5) is 5.69 Å². The van der Waals surface area contributed by atoms with Gasteiger partial charge < -0.3 is 15.0 Å². The van der Waals surface area contributed by atoms with Gasteiger partial charge in [-0.3, -0.25) is 9.78 Å². The molecule has 0 saturated carbocycles. The minimum Gasteiger partial charge on any atom is -0.449 e. The fraction of sp³-hybridized carbons (Fsp3) is 0.346. The van der Waals surface area contributed by atoms with Gasteiger partial charge in [0.05, 0.1) is 11.1 Å². The van der Waals surface area contributed by atoms with Gasteiger partial charge in [0.1, 0.15) is 0 Å². The number of aromatic nitrogens is 1. The van der Waals surface area contributed by atoms with E-state index in [0.29, 0.717) is 18.5 Å². The number of anilines is 1. The first kappa shape index (κ1) is 22.0. The Labute approximate surface area is 188 Å². The van der Waals surface area contributed by atoms with Gasteiger partial charge >= 0.3 is 5.97 Å². The Kier molecular flexibility index (Phi) is 6.24. The summed E-state index contributed by atoms with van der Waals surface area (Å²) in [5.41, 5.74) is 5.87. The normalized spacial score (nSPS) is 14.6. The number of hydrogen-bond acceptors (Lipinski definition) is 5. The van der Waals surface area contributed by atoms with Crippen molar-refractivity contribution < 1.29 is 14.3 Å². The highest BCUT2D eigenvalue weighted by atomic mass is 16.5. The van der Waals surface area contributed by atoms with E-state index < -0.39 is 12.1 Å². The number of carbonyl (C=O) groups is 2. The average Bonchev–Trinajstić information content (AvgIpc) is 2.78. The van der Waals surface area contributed by atoms with Crippen molar-refractivity contribution in [3.63, 3.8) is 0 Å². The third kappa shape index (κ3) is 4.36. The number of rotatable bonds is 5. The van der Waals surface area contributed by atoms with Crippen LogP contribution in [0.3, 0.4) is 0 Å². The van der Waals surface area contributed by atoms with Gasteiger partial charge in [-0.2, -0.15) is 0 Å². The van der Waals surface area contributed by atoms with Crippen molar-refractivity contribution in [2.75, 3.05) is 18.9 Å². The van der Waals surface area contributed by atoms with Gasteiger partial charge in [-0.05, 0) is 50.6 Å². The topological polar surface area (TPSA) is 71.5 Å². The lowest BCUT2D eigenvalue weighted by Crippen LogP contribution is -2.34. The molecular weight excluding hydrogens is 402 g/mol. The molecule has 6 heteroatoms. The number of esters is 1. The number of pyridine rings is 1. The number of nitrogens with zero attached hydrogens (tertiary/aromatic N) is 2. The summed E-state index contributed by atoms with van der Waals surface area (Å²) in [5.74, 6) is -0.794. The number of para-hydroxylation sites is 1. The maximum absolute atomic E-state index is 13.4. The predicted octanol–water partition coefficient (Wildman–Crippen LogP) is 4.41. The molecular formula is C26H29N3O3. The molecule has 0 aliphatic carbocycles. The zero-order valence-electron chi connectivity index (χ0n) is 19.1. The molecule has 166 valence electrons. The first-order valence-corrected chi connectivity index (χ1v) is 11.1. The Morgan fingerprint density at radius 2 is 1.97 bits per heavy atom. The Morgan fingerprint density at radius 1 is 1.19 bits per heavy atom. The maximum atomic E-state index is 13.4.